The number of carbonyl (C=O) groups excluding carboxylic acids is 1. The third kappa shape index (κ3) is 2.83. The van der Waals surface area contributed by atoms with Gasteiger partial charge in [-0.3, -0.25) is 0 Å². The maximum atomic E-state index is 11.6. The van der Waals surface area contributed by atoms with Crippen LogP contribution in [0.15, 0.2) is 18.3 Å². The Morgan fingerprint density at radius 3 is 2.95 bits per heavy atom. The van der Waals surface area contributed by atoms with Crippen LogP contribution in [0.2, 0.25) is 0 Å². The van der Waals surface area contributed by atoms with Crippen LogP contribution >= 0.6 is 0 Å². The first-order valence-electron chi connectivity index (χ1n) is 7.77. The Morgan fingerprint density at radius 2 is 2.23 bits per heavy atom. The number of pyridine rings is 1. The number of methoxy groups -OCH3 is 1. The lowest BCUT2D eigenvalue weighted by Crippen LogP contribution is -2.39. The highest BCUT2D eigenvalue weighted by Crippen LogP contribution is 2.26. The lowest BCUT2D eigenvalue weighted by molar-refractivity contribution is 0.0600. The number of ether oxygens (including phenoxy) is 1. The second-order valence-corrected chi connectivity index (χ2v) is 6.11. The third-order valence-corrected chi connectivity index (χ3v) is 4.32. The second kappa shape index (κ2) is 6.04. The van der Waals surface area contributed by atoms with Crippen LogP contribution in [0.25, 0.3) is 5.65 Å². The number of carbonyl (C=O) groups is 1. The first-order valence-corrected chi connectivity index (χ1v) is 7.77. The Kier molecular flexibility index (Phi) is 4.11. The van der Waals surface area contributed by atoms with Gasteiger partial charge in [-0.15, -0.1) is 0 Å². The molecule has 0 saturated carbocycles. The molecule has 22 heavy (non-hydrogen) atoms. The van der Waals surface area contributed by atoms with Crippen LogP contribution in [0.4, 0.5) is 0 Å². The van der Waals surface area contributed by atoms with E-state index in [1.807, 2.05) is 6.07 Å². The molecule has 0 aliphatic carbocycles. The highest BCUT2D eigenvalue weighted by molar-refractivity contribution is 5.89. The van der Waals surface area contributed by atoms with E-state index in [2.05, 4.69) is 28.8 Å². The molecule has 0 aromatic carbocycles. The first kappa shape index (κ1) is 15.0. The topological polar surface area (TPSA) is 59.7 Å². The van der Waals surface area contributed by atoms with Crippen LogP contribution in [-0.4, -0.2) is 51.7 Å². The highest BCUT2D eigenvalue weighted by atomic mass is 16.5. The SMILES string of the molecule is COC(=O)c1ccc2nc(C3CCCN(C(C)C)C3)nn2c1. The van der Waals surface area contributed by atoms with E-state index >= 15 is 0 Å². The molecule has 1 unspecified atom stereocenters. The smallest absolute Gasteiger partial charge is 0.339 e. The molecule has 6 heteroatoms. The molecule has 3 heterocycles. The summed E-state index contributed by atoms with van der Waals surface area (Å²) in [6.45, 7) is 6.59. The van der Waals surface area contributed by atoms with Crippen LogP contribution < -0.4 is 0 Å². The fourth-order valence-corrected chi connectivity index (χ4v) is 3.00. The molecule has 1 aliphatic heterocycles. The average molecular weight is 302 g/mol. The molecule has 0 spiro atoms. The summed E-state index contributed by atoms with van der Waals surface area (Å²) in [5.41, 5.74) is 1.25. The summed E-state index contributed by atoms with van der Waals surface area (Å²) >= 11 is 0. The summed E-state index contributed by atoms with van der Waals surface area (Å²) in [5, 5.41) is 4.58. The molecule has 118 valence electrons. The van der Waals surface area contributed by atoms with E-state index in [9.17, 15) is 4.79 Å². The number of rotatable bonds is 3. The van der Waals surface area contributed by atoms with Crippen molar-refractivity contribution in [2.24, 2.45) is 0 Å². The van der Waals surface area contributed by atoms with E-state index in [1.165, 1.54) is 13.5 Å². The van der Waals surface area contributed by atoms with Gasteiger partial charge in [0.15, 0.2) is 11.5 Å². The van der Waals surface area contributed by atoms with Gasteiger partial charge < -0.3 is 9.64 Å². The van der Waals surface area contributed by atoms with Gasteiger partial charge in [0.2, 0.25) is 0 Å². The predicted molar refractivity (Wildman–Crippen MR) is 83.0 cm³/mol. The zero-order chi connectivity index (χ0) is 15.7. The molecule has 1 saturated heterocycles. The molecule has 0 amide bonds. The monoisotopic (exact) mass is 302 g/mol. The fourth-order valence-electron chi connectivity index (χ4n) is 3.00. The van der Waals surface area contributed by atoms with Crippen molar-refractivity contribution in [2.45, 2.75) is 38.6 Å². The van der Waals surface area contributed by atoms with Crippen LogP contribution in [-0.2, 0) is 4.74 Å². The predicted octanol–water partition coefficient (Wildman–Crippen LogP) is 2.10. The molecule has 1 fully saturated rings. The normalized spacial score (nSPS) is 19.7. The molecule has 0 N–H and O–H groups in total. The summed E-state index contributed by atoms with van der Waals surface area (Å²) in [6, 6.07) is 4.08. The van der Waals surface area contributed by atoms with E-state index < -0.39 is 0 Å². The van der Waals surface area contributed by atoms with Gasteiger partial charge in [-0.05, 0) is 45.4 Å². The standard InChI is InChI=1S/C16H22N4O2/c1-11(2)19-8-4-5-12(9-19)15-17-14-7-6-13(16(21)22-3)10-20(14)18-15/h6-7,10-12H,4-5,8-9H2,1-3H3. The number of fused-ring (bicyclic) bond motifs is 1. The lowest BCUT2D eigenvalue weighted by atomic mass is 9.96. The van der Waals surface area contributed by atoms with Gasteiger partial charge in [0.05, 0.1) is 12.7 Å². The van der Waals surface area contributed by atoms with Crippen LogP contribution in [0, 0.1) is 0 Å². The van der Waals surface area contributed by atoms with Gasteiger partial charge in [0.1, 0.15) is 0 Å². The molecule has 2 aromatic rings. The summed E-state index contributed by atoms with van der Waals surface area (Å²) in [4.78, 5) is 18.7. The first-order chi connectivity index (χ1) is 10.6. The molecular weight excluding hydrogens is 280 g/mol. The van der Waals surface area contributed by atoms with Crippen molar-refractivity contribution in [2.75, 3.05) is 20.2 Å². The molecule has 3 rings (SSSR count). The molecule has 6 nitrogen and oxygen atoms in total. The minimum atomic E-state index is -0.359. The molecule has 2 aromatic heterocycles. The largest absolute Gasteiger partial charge is 0.465 e. The zero-order valence-electron chi connectivity index (χ0n) is 13.3. The van der Waals surface area contributed by atoms with Crippen molar-refractivity contribution in [1.29, 1.82) is 0 Å². The lowest BCUT2D eigenvalue weighted by Gasteiger charge is -2.34. The van der Waals surface area contributed by atoms with E-state index in [-0.39, 0.29) is 5.97 Å². The van der Waals surface area contributed by atoms with Gasteiger partial charge in [-0.2, -0.15) is 5.10 Å². The Labute approximate surface area is 130 Å². The van der Waals surface area contributed by atoms with Crippen molar-refractivity contribution >= 4 is 11.6 Å². The van der Waals surface area contributed by atoms with Gasteiger partial charge in [-0.25, -0.2) is 14.3 Å². The van der Waals surface area contributed by atoms with Gasteiger partial charge in [-0.1, -0.05) is 0 Å². The molecule has 0 bridgehead atoms. The van der Waals surface area contributed by atoms with Gasteiger partial charge in [0.25, 0.3) is 0 Å². The van der Waals surface area contributed by atoms with Gasteiger partial charge in [0, 0.05) is 24.7 Å². The summed E-state index contributed by atoms with van der Waals surface area (Å²) < 4.78 is 6.42. The number of piperidine rings is 1. The minimum Gasteiger partial charge on any atom is -0.465 e. The van der Waals surface area contributed by atoms with E-state index in [0.29, 0.717) is 17.5 Å². The molecule has 1 atom stereocenters. The Balaban J connectivity index is 1.87. The van der Waals surface area contributed by atoms with Crippen molar-refractivity contribution in [3.63, 3.8) is 0 Å². The van der Waals surface area contributed by atoms with Crippen molar-refractivity contribution in [3.8, 4) is 0 Å². The maximum Gasteiger partial charge on any atom is 0.339 e. The minimum absolute atomic E-state index is 0.359. The number of esters is 1. The Morgan fingerprint density at radius 1 is 1.41 bits per heavy atom. The van der Waals surface area contributed by atoms with Crippen molar-refractivity contribution in [1.82, 2.24) is 19.5 Å². The van der Waals surface area contributed by atoms with Crippen LogP contribution in [0.5, 0.6) is 0 Å². The molecule has 1 aliphatic rings. The average Bonchev–Trinajstić information content (AvgIpc) is 2.97. The number of likely N-dealkylation sites (tertiary alicyclic amines) is 1. The van der Waals surface area contributed by atoms with Crippen molar-refractivity contribution in [3.05, 3.63) is 29.7 Å². The Hall–Kier alpha value is -1.95. The summed E-state index contributed by atoms with van der Waals surface area (Å²) in [6.07, 6.45) is 3.97. The Bertz CT molecular complexity index is 680. The quantitative estimate of drug-likeness (QED) is 0.813. The molecular formula is C16H22N4O2. The zero-order valence-corrected chi connectivity index (χ0v) is 13.3. The molecule has 0 radical (unpaired) electrons. The maximum absolute atomic E-state index is 11.6. The van der Waals surface area contributed by atoms with Crippen LogP contribution in [0.3, 0.4) is 0 Å². The third-order valence-electron chi connectivity index (χ3n) is 4.32. The number of hydrogen-bond acceptors (Lipinski definition) is 5. The number of nitrogens with zero attached hydrogens (tertiary/aromatic N) is 4. The highest BCUT2D eigenvalue weighted by Gasteiger charge is 2.26. The number of hydrogen-bond donors (Lipinski definition) is 0. The van der Waals surface area contributed by atoms with E-state index in [1.54, 1.807) is 16.8 Å². The number of aromatic nitrogens is 3. The van der Waals surface area contributed by atoms with E-state index in [4.69, 9.17) is 4.74 Å². The van der Waals surface area contributed by atoms with Crippen molar-refractivity contribution < 1.29 is 9.53 Å². The fraction of sp³-hybridized carbons (Fsp3) is 0.562. The van der Waals surface area contributed by atoms with E-state index in [0.717, 1.165) is 31.0 Å². The second-order valence-electron chi connectivity index (χ2n) is 6.11. The summed E-state index contributed by atoms with van der Waals surface area (Å²) in [5.74, 6) is 0.868. The summed E-state index contributed by atoms with van der Waals surface area (Å²) in [7, 11) is 1.38. The van der Waals surface area contributed by atoms with Gasteiger partial charge >= 0.3 is 5.97 Å². The van der Waals surface area contributed by atoms with Crippen LogP contribution in [0.1, 0.15) is 48.8 Å².